The monoisotopic (exact) mass is 441 g/mol. The summed E-state index contributed by atoms with van der Waals surface area (Å²) in [4.78, 5) is 11.9. The van der Waals surface area contributed by atoms with Crippen molar-refractivity contribution in [2.75, 3.05) is 14.2 Å². The SMILES string of the molecule is COc1cccc(-c2cccc(-c3ccc(OC)cc3OCc3ccccc3)c2[N+](=O)[O-])c1. The predicted molar refractivity (Wildman–Crippen MR) is 128 cm³/mol. The van der Waals surface area contributed by atoms with E-state index < -0.39 is 0 Å². The van der Waals surface area contributed by atoms with E-state index in [0.29, 0.717) is 46.1 Å². The van der Waals surface area contributed by atoms with Gasteiger partial charge in [0.25, 0.3) is 5.69 Å². The number of nitro benzene ring substituents is 1. The standard InChI is InChI=1S/C27H23NO5/c1-31-21-11-6-10-20(16-21)23-12-7-13-25(27(23)28(29)30)24-15-14-22(32-2)17-26(24)33-18-19-8-4-3-5-9-19/h3-17H,18H2,1-2H3. The molecule has 0 aliphatic carbocycles. The van der Waals surface area contributed by atoms with Gasteiger partial charge in [-0.05, 0) is 47.5 Å². The molecule has 6 nitrogen and oxygen atoms in total. The summed E-state index contributed by atoms with van der Waals surface area (Å²) in [6.45, 7) is 0.324. The number of hydrogen-bond acceptors (Lipinski definition) is 5. The van der Waals surface area contributed by atoms with Crippen molar-refractivity contribution in [2.45, 2.75) is 6.61 Å². The summed E-state index contributed by atoms with van der Waals surface area (Å²) < 4.78 is 16.8. The third kappa shape index (κ3) is 4.80. The van der Waals surface area contributed by atoms with Crippen molar-refractivity contribution in [1.29, 1.82) is 0 Å². The summed E-state index contributed by atoms with van der Waals surface area (Å²) in [5.74, 6) is 1.74. The van der Waals surface area contributed by atoms with E-state index in [1.165, 1.54) is 0 Å². The molecule has 0 aliphatic rings. The number of para-hydroxylation sites is 1. The lowest BCUT2D eigenvalue weighted by Gasteiger charge is -2.15. The van der Waals surface area contributed by atoms with Crippen LogP contribution in [0.5, 0.6) is 17.2 Å². The molecular formula is C27H23NO5. The fourth-order valence-corrected chi connectivity index (χ4v) is 3.69. The van der Waals surface area contributed by atoms with Crippen molar-refractivity contribution in [3.63, 3.8) is 0 Å². The van der Waals surface area contributed by atoms with E-state index in [4.69, 9.17) is 14.2 Å². The average molecular weight is 441 g/mol. The van der Waals surface area contributed by atoms with Crippen LogP contribution in [0.15, 0.2) is 91.0 Å². The first kappa shape index (κ1) is 21.9. The highest BCUT2D eigenvalue weighted by atomic mass is 16.6. The van der Waals surface area contributed by atoms with Crippen LogP contribution in [-0.4, -0.2) is 19.1 Å². The molecule has 0 atom stereocenters. The van der Waals surface area contributed by atoms with Gasteiger partial charge < -0.3 is 14.2 Å². The highest BCUT2D eigenvalue weighted by molar-refractivity contribution is 5.88. The fourth-order valence-electron chi connectivity index (χ4n) is 3.69. The Morgan fingerprint density at radius 3 is 2.15 bits per heavy atom. The van der Waals surface area contributed by atoms with Crippen LogP contribution < -0.4 is 14.2 Å². The molecule has 0 fully saturated rings. The molecule has 4 aromatic carbocycles. The van der Waals surface area contributed by atoms with Crippen LogP contribution >= 0.6 is 0 Å². The molecule has 0 spiro atoms. The molecule has 0 aromatic heterocycles. The van der Waals surface area contributed by atoms with Crippen LogP contribution in [-0.2, 0) is 6.61 Å². The van der Waals surface area contributed by atoms with Crippen molar-refractivity contribution in [2.24, 2.45) is 0 Å². The average Bonchev–Trinajstić information content (AvgIpc) is 2.87. The summed E-state index contributed by atoms with van der Waals surface area (Å²) in [6, 6.07) is 27.6. The van der Waals surface area contributed by atoms with Gasteiger partial charge in [0, 0.05) is 11.6 Å². The van der Waals surface area contributed by atoms with E-state index in [-0.39, 0.29) is 10.6 Å². The normalized spacial score (nSPS) is 10.5. The number of benzene rings is 4. The Kier molecular flexibility index (Phi) is 6.55. The largest absolute Gasteiger partial charge is 0.497 e. The van der Waals surface area contributed by atoms with Gasteiger partial charge in [0.05, 0.1) is 30.3 Å². The molecule has 0 unspecified atom stereocenters. The van der Waals surface area contributed by atoms with Crippen molar-refractivity contribution < 1.29 is 19.1 Å². The number of nitrogens with zero attached hydrogens (tertiary/aromatic N) is 1. The number of rotatable bonds is 8. The van der Waals surface area contributed by atoms with Crippen LogP contribution in [0.4, 0.5) is 5.69 Å². The zero-order valence-corrected chi connectivity index (χ0v) is 18.4. The highest BCUT2D eigenvalue weighted by Gasteiger charge is 2.24. The Bertz CT molecular complexity index is 1270. The van der Waals surface area contributed by atoms with Gasteiger partial charge in [-0.25, -0.2) is 0 Å². The van der Waals surface area contributed by atoms with Gasteiger partial charge >= 0.3 is 0 Å². The van der Waals surface area contributed by atoms with Crippen molar-refractivity contribution in [1.82, 2.24) is 0 Å². The number of methoxy groups -OCH3 is 2. The van der Waals surface area contributed by atoms with Gasteiger partial charge in [-0.2, -0.15) is 0 Å². The first-order chi connectivity index (χ1) is 16.1. The second kappa shape index (κ2) is 9.87. The van der Waals surface area contributed by atoms with Gasteiger partial charge in [-0.3, -0.25) is 10.1 Å². The summed E-state index contributed by atoms with van der Waals surface area (Å²) >= 11 is 0. The van der Waals surface area contributed by atoms with Gasteiger partial charge in [-0.15, -0.1) is 0 Å². The maximum Gasteiger partial charge on any atom is 0.285 e. The second-order valence-electron chi connectivity index (χ2n) is 7.33. The van der Waals surface area contributed by atoms with Crippen LogP contribution in [0.25, 0.3) is 22.3 Å². The first-order valence-corrected chi connectivity index (χ1v) is 10.4. The minimum absolute atomic E-state index is 0.000445. The van der Waals surface area contributed by atoms with Gasteiger partial charge in [0.1, 0.15) is 23.9 Å². The van der Waals surface area contributed by atoms with Crippen LogP contribution in [0, 0.1) is 10.1 Å². The van der Waals surface area contributed by atoms with E-state index in [0.717, 1.165) is 5.56 Å². The van der Waals surface area contributed by atoms with E-state index >= 15 is 0 Å². The Labute approximate surface area is 192 Å². The molecule has 166 valence electrons. The zero-order chi connectivity index (χ0) is 23.2. The van der Waals surface area contributed by atoms with Crippen molar-refractivity contribution in [3.8, 4) is 39.5 Å². The second-order valence-corrected chi connectivity index (χ2v) is 7.33. The van der Waals surface area contributed by atoms with E-state index in [2.05, 4.69) is 0 Å². The van der Waals surface area contributed by atoms with Gasteiger partial charge in [0.2, 0.25) is 0 Å². The minimum Gasteiger partial charge on any atom is -0.497 e. The first-order valence-electron chi connectivity index (χ1n) is 10.4. The number of ether oxygens (including phenoxy) is 3. The van der Waals surface area contributed by atoms with Gasteiger partial charge in [0.15, 0.2) is 0 Å². The van der Waals surface area contributed by atoms with Crippen LogP contribution in [0.3, 0.4) is 0 Å². The quantitative estimate of drug-likeness (QED) is 0.230. The van der Waals surface area contributed by atoms with E-state index in [1.807, 2.05) is 48.5 Å². The Hall–Kier alpha value is -4.32. The molecule has 33 heavy (non-hydrogen) atoms. The van der Waals surface area contributed by atoms with Crippen molar-refractivity contribution in [3.05, 3.63) is 107 Å². The van der Waals surface area contributed by atoms with Crippen LogP contribution in [0.2, 0.25) is 0 Å². The molecular weight excluding hydrogens is 418 g/mol. The summed E-state index contributed by atoms with van der Waals surface area (Å²) in [6.07, 6.45) is 0. The number of nitro groups is 1. The number of hydrogen-bond donors (Lipinski definition) is 0. The Morgan fingerprint density at radius 2 is 1.42 bits per heavy atom. The molecule has 0 heterocycles. The lowest BCUT2D eigenvalue weighted by atomic mass is 9.95. The maximum atomic E-state index is 12.3. The molecule has 0 aliphatic heterocycles. The molecule has 0 bridgehead atoms. The van der Waals surface area contributed by atoms with E-state index in [1.54, 1.807) is 56.7 Å². The maximum absolute atomic E-state index is 12.3. The van der Waals surface area contributed by atoms with Crippen molar-refractivity contribution >= 4 is 5.69 Å². The summed E-state index contributed by atoms with van der Waals surface area (Å²) in [5.41, 5.74) is 3.27. The predicted octanol–water partition coefficient (Wildman–Crippen LogP) is 6.53. The topological polar surface area (TPSA) is 70.8 Å². The molecule has 0 saturated heterocycles. The summed E-state index contributed by atoms with van der Waals surface area (Å²) in [7, 11) is 3.14. The fraction of sp³-hybridized carbons (Fsp3) is 0.111. The van der Waals surface area contributed by atoms with Crippen LogP contribution in [0.1, 0.15) is 5.56 Å². The zero-order valence-electron chi connectivity index (χ0n) is 18.4. The molecule has 0 N–H and O–H groups in total. The Balaban J connectivity index is 1.83. The molecule has 0 saturated carbocycles. The van der Waals surface area contributed by atoms with Gasteiger partial charge in [-0.1, -0.05) is 48.5 Å². The Morgan fingerprint density at radius 1 is 0.727 bits per heavy atom. The third-order valence-electron chi connectivity index (χ3n) is 5.32. The molecule has 4 rings (SSSR count). The minimum atomic E-state index is -0.352. The lowest BCUT2D eigenvalue weighted by Crippen LogP contribution is -2.00. The highest BCUT2D eigenvalue weighted by Crippen LogP contribution is 2.43. The van der Waals surface area contributed by atoms with E-state index in [9.17, 15) is 10.1 Å². The smallest absolute Gasteiger partial charge is 0.285 e. The third-order valence-corrected chi connectivity index (χ3v) is 5.32. The molecule has 0 amide bonds. The lowest BCUT2D eigenvalue weighted by molar-refractivity contribution is -0.383. The molecule has 0 radical (unpaired) electrons. The summed E-state index contributed by atoms with van der Waals surface area (Å²) in [5, 5.41) is 12.3. The molecule has 6 heteroatoms. The molecule has 4 aromatic rings.